The fraction of sp³-hybridized carbons (Fsp3) is 0.273. The Balaban J connectivity index is 2.13. The van der Waals surface area contributed by atoms with E-state index in [2.05, 4.69) is 15.9 Å². The minimum Gasteiger partial charge on any atom is -0.507 e. The molecule has 0 radical (unpaired) electrons. The maximum atomic E-state index is 12.9. The van der Waals surface area contributed by atoms with Gasteiger partial charge in [0, 0.05) is 37.8 Å². The average molecular weight is 523 g/mol. The van der Waals surface area contributed by atoms with Crippen LogP contribution in [0.15, 0.2) is 63.5 Å². The quantitative estimate of drug-likeness (QED) is 0.340. The first-order valence-electron chi connectivity index (χ1n) is 9.65. The van der Waals surface area contributed by atoms with Crippen LogP contribution in [0.4, 0.5) is 0 Å². The van der Waals surface area contributed by atoms with Crippen molar-refractivity contribution >= 4 is 43.4 Å². The Morgan fingerprint density at radius 2 is 1.81 bits per heavy atom. The highest BCUT2D eigenvalue weighted by Crippen LogP contribution is 2.40. The zero-order valence-electron chi connectivity index (χ0n) is 17.8. The molecule has 1 unspecified atom stereocenters. The molecule has 0 spiro atoms. The monoisotopic (exact) mass is 522 g/mol. The zero-order valence-corrected chi connectivity index (χ0v) is 20.2. The molecule has 1 N–H and O–H groups in total. The lowest BCUT2D eigenvalue weighted by molar-refractivity contribution is -0.140. The molecule has 3 rings (SSSR count). The van der Waals surface area contributed by atoms with Gasteiger partial charge in [-0.05, 0) is 42.0 Å². The second-order valence-electron chi connectivity index (χ2n) is 7.35. The van der Waals surface area contributed by atoms with Gasteiger partial charge >= 0.3 is 0 Å². The summed E-state index contributed by atoms with van der Waals surface area (Å²) in [6.45, 7) is 0.379. The normalized spacial score (nSPS) is 18.5. The van der Waals surface area contributed by atoms with Gasteiger partial charge in [0.15, 0.2) is 0 Å². The molecule has 170 valence electrons. The molecule has 1 aliphatic heterocycles. The number of aliphatic hydroxyl groups excluding tert-OH is 1. The van der Waals surface area contributed by atoms with Gasteiger partial charge in [0.2, 0.25) is 10.0 Å². The van der Waals surface area contributed by atoms with Crippen molar-refractivity contribution in [2.75, 3.05) is 34.4 Å². The van der Waals surface area contributed by atoms with Crippen LogP contribution in [0.25, 0.3) is 5.76 Å². The lowest BCUT2D eigenvalue weighted by atomic mass is 9.95. The van der Waals surface area contributed by atoms with Crippen molar-refractivity contribution in [1.29, 1.82) is 0 Å². The molecule has 1 heterocycles. The van der Waals surface area contributed by atoms with Gasteiger partial charge in [-0.25, -0.2) is 12.7 Å². The van der Waals surface area contributed by atoms with Crippen LogP contribution in [0, 0.1) is 0 Å². The maximum Gasteiger partial charge on any atom is 0.295 e. The minimum atomic E-state index is -3.65. The Bertz CT molecular complexity index is 1180. The molecule has 10 heteroatoms. The predicted octanol–water partition coefficient (Wildman–Crippen LogP) is 2.77. The summed E-state index contributed by atoms with van der Waals surface area (Å²) in [5, 5.41) is 11.0. The van der Waals surface area contributed by atoms with E-state index in [9.17, 15) is 23.1 Å². The van der Waals surface area contributed by atoms with Gasteiger partial charge in [-0.3, -0.25) is 9.59 Å². The van der Waals surface area contributed by atoms with Crippen LogP contribution in [0.5, 0.6) is 0 Å². The third-order valence-electron chi connectivity index (χ3n) is 5.15. The molecule has 0 aliphatic carbocycles. The Morgan fingerprint density at radius 3 is 2.38 bits per heavy atom. The fourth-order valence-electron chi connectivity index (χ4n) is 3.47. The number of sulfonamides is 1. The summed E-state index contributed by atoms with van der Waals surface area (Å²) in [5.41, 5.74) is 0.808. The van der Waals surface area contributed by atoms with E-state index in [1.807, 2.05) is 6.07 Å². The molecule has 8 nitrogen and oxygen atoms in total. The van der Waals surface area contributed by atoms with Gasteiger partial charge in [-0.1, -0.05) is 28.1 Å². The largest absolute Gasteiger partial charge is 0.507 e. The van der Waals surface area contributed by atoms with Crippen molar-refractivity contribution in [1.82, 2.24) is 9.21 Å². The third-order valence-corrected chi connectivity index (χ3v) is 7.47. The second kappa shape index (κ2) is 9.53. The number of halogens is 1. The van der Waals surface area contributed by atoms with Crippen LogP contribution in [-0.2, 0) is 24.3 Å². The van der Waals surface area contributed by atoms with Gasteiger partial charge in [0.05, 0.1) is 23.1 Å². The first kappa shape index (κ1) is 24.1. The van der Waals surface area contributed by atoms with Crippen molar-refractivity contribution in [2.45, 2.75) is 10.9 Å². The maximum absolute atomic E-state index is 12.9. The molecule has 1 fully saturated rings. The van der Waals surface area contributed by atoms with Crippen LogP contribution < -0.4 is 0 Å². The van der Waals surface area contributed by atoms with E-state index >= 15 is 0 Å². The van der Waals surface area contributed by atoms with E-state index in [4.69, 9.17) is 4.74 Å². The predicted molar refractivity (Wildman–Crippen MR) is 122 cm³/mol. The van der Waals surface area contributed by atoms with E-state index in [1.54, 1.807) is 18.2 Å². The van der Waals surface area contributed by atoms with E-state index in [1.165, 1.54) is 50.4 Å². The summed E-state index contributed by atoms with van der Waals surface area (Å²) < 4.78 is 31.5. The number of carbonyl (C=O) groups excluding carboxylic acids is 2. The minimum absolute atomic E-state index is 0.0446. The lowest BCUT2D eigenvalue weighted by Gasteiger charge is -2.25. The van der Waals surface area contributed by atoms with Crippen molar-refractivity contribution in [3.05, 3.63) is 69.7 Å². The molecule has 1 amide bonds. The summed E-state index contributed by atoms with van der Waals surface area (Å²) in [4.78, 5) is 27.1. The molecule has 1 saturated heterocycles. The van der Waals surface area contributed by atoms with Gasteiger partial charge in [0.25, 0.3) is 11.7 Å². The Morgan fingerprint density at radius 1 is 1.16 bits per heavy atom. The lowest BCUT2D eigenvalue weighted by Crippen LogP contribution is -2.32. The Hall–Kier alpha value is -2.53. The van der Waals surface area contributed by atoms with Gasteiger partial charge in [-0.15, -0.1) is 0 Å². The number of ketones is 1. The first-order valence-corrected chi connectivity index (χ1v) is 11.9. The summed E-state index contributed by atoms with van der Waals surface area (Å²) in [5.74, 6) is -1.92. The van der Waals surface area contributed by atoms with Crippen LogP contribution in [0.1, 0.15) is 17.2 Å². The summed E-state index contributed by atoms with van der Waals surface area (Å²) in [6.07, 6.45) is 0. The number of methoxy groups -OCH3 is 1. The molecule has 0 saturated carbocycles. The number of carbonyl (C=O) groups is 2. The van der Waals surface area contributed by atoms with E-state index in [0.717, 1.165) is 8.78 Å². The Kier molecular flexibility index (Phi) is 7.19. The number of rotatable bonds is 7. The van der Waals surface area contributed by atoms with Crippen LogP contribution in [0.3, 0.4) is 0 Å². The summed E-state index contributed by atoms with van der Waals surface area (Å²) in [6, 6.07) is 11.8. The standard InChI is InChI=1S/C22H23BrN2O6S/c1-24(2)32(29,30)17-9-7-14(8-10-17)20(26)18-19(15-5-4-6-16(23)13-15)25(11-12-31-3)22(28)21(18)27/h4-10,13,19,26H,11-12H2,1-3H3/b20-18+. The third kappa shape index (κ3) is 4.49. The van der Waals surface area contributed by atoms with E-state index < -0.39 is 27.8 Å². The number of Topliss-reactive ketones (excluding diaryl/α,β-unsaturated/α-hetero) is 1. The average Bonchev–Trinajstić information content (AvgIpc) is 3.02. The molecule has 0 bridgehead atoms. The molecule has 0 aromatic heterocycles. The van der Waals surface area contributed by atoms with Crippen molar-refractivity contribution in [2.24, 2.45) is 0 Å². The topological polar surface area (TPSA) is 104 Å². The number of amides is 1. The van der Waals surface area contributed by atoms with E-state index in [-0.39, 0.29) is 34.9 Å². The van der Waals surface area contributed by atoms with Gasteiger partial charge in [-0.2, -0.15) is 0 Å². The zero-order chi connectivity index (χ0) is 23.6. The number of hydrogen-bond acceptors (Lipinski definition) is 6. The number of nitrogens with zero attached hydrogens (tertiary/aromatic N) is 2. The number of aliphatic hydroxyl groups is 1. The molecular formula is C22H23BrN2O6S. The molecule has 1 atom stereocenters. The second-order valence-corrected chi connectivity index (χ2v) is 10.4. The smallest absolute Gasteiger partial charge is 0.295 e. The van der Waals surface area contributed by atoms with Gasteiger partial charge < -0.3 is 14.7 Å². The number of ether oxygens (including phenoxy) is 1. The highest BCUT2D eigenvalue weighted by Gasteiger charge is 2.45. The summed E-state index contributed by atoms with van der Waals surface area (Å²) in [7, 11) is 0.685. The highest BCUT2D eigenvalue weighted by molar-refractivity contribution is 9.10. The molecular weight excluding hydrogens is 500 g/mol. The number of likely N-dealkylation sites (tertiary alicyclic amines) is 1. The van der Waals surface area contributed by atoms with Crippen LogP contribution in [-0.4, -0.2) is 68.8 Å². The Labute approximate surface area is 195 Å². The highest BCUT2D eigenvalue weighted by atomic mass is 79.9. The van der Waals surface area contributed by atoms with Crippen molar-refractivity contribution in [3.63, 3.8) is 0 Å². The number of hydrogen-bond donors (Lipinski definition) is 1. The molecule has 2 aromatic rings. The van der Waals surface area contributed by atoms with Crippen molar-refractivity contribution in [3.8, 4) is 0 Å². The fourth-order valence-corrected chi connectivity index (χ4v) is 4.79. The van der Waals surface area contributed by atoms with E-state index in [0.29, 0.717) is 5.56 Å². The first-order chi connectivity index (χ1) is 15.1. The molecule has 1 aliphatic rings. The van der Waals surface area contributed by atoms with Crippen LogP contribution in [0.2, 0.25) is 0 Å². The number of benzene rings is 2. The SMILES string of the molecule is COCCN1C(=O)C(=O)/C(=C(/O)c2ccc(S(=O)(=O)N(C)C)cc2)C1c1cccc(Br)c1. The summed E-state index contributed by atoms with van der Waals surface area (Å²) >= 11 is 3.40. The molecule has 32 heavy (non-hydrogen) atoms. The molecule has 2 aromatic carbocycles. The van der Waals surface area contributed by atoms with Crippen molar-refractivity contribution < 1.29 is 27.9 Å². The van der Waals surface area contributed by atoms with Crippen LogP contribution >= 0.6 is 15.9 Å². The van der Waals surface area contributed by atoms with Gasteiger partial charge in [0.1, 0.15) is 5.76 Å².